The smallest absolute Gasteiger partial charge is 0.306 e. The molecule has 2 fully saturated rings. The number of anilines is 1. The summed E-state index contributed by atoms with van der Waals surface area (Å²) in [5.41, 5.74) is 1.22. The van der Waals surface area contributed by atoms with E-state index < -0.39 is 41.7 Å². The maximum absolute atomic E-state index is 16.6. The Hall–Kier alpha value is -3.34. The number of halogens is 3. The second kappa shape index (κ2) is 11.9. The Morgan fingerprint density at radius 2 is 1.78 bits per heavy atom. The first-order chi connectivity index (χ1) is 19.6. The molecule has 1 atom stereocenters. The number of nitrogens with one attached hydrogen (secondary N) is 2. The van der Waals surface area contributed by atoms with Crippen LogP contribution < -0.4 is 10.6 Å². The van der Waals surface area contributed by atoms with Crippen LogP contribution >= 0.6 is 11.6 Å². The highest BCUT2D eigenvalue weighted by atomic mass is 35.5. The third-order valence-corrected chi connectivity index (χ3v) is 8.57. The molecule has 0 bridgehead atoms. The molecule has 1 aliphatic carbocycles. The number of alkyl halides is 1. The van der Waals surface area contributed by atoms with E-state index in [4.69, 9.17) is 11.6 Å². The van der Waals surface area contributed by atoms with E-state index in [0.717, 1.165) is 29.8 Å². The number of aromatic nitrogens is 1. The van der Waals surface area contributed by atoms with Gasteiger partial charge in [-0.3, -0.25) is 24.6 Å². The second-order valence-electron chi connectivity index (χ2n) is 11.0. The number of ketones is 1. The summed E-state index contributed by atoms with van der Waals surface area (Å²) >= 11 is 6.41. The van der Waals surface area contributed by atoms with Crippen molar-refractivity contribution in [2.45, 2.75) is 56.9 Å². The number of carbonyl (C=O) groups is 3. The third-order valence-electron chi connectivity index (χ3n) is 8.26. The normalized spacial score (nSPS) is 21.1. The van der Waals surface area contributed by atoms with Crippen LogP contribution in [0, 0.1) is 11.7 Å². The number of carboxylic acids is 1. The molecule has 3 N–H and O–H groups in total. The van der Waals surface area contributed by atoms with Gasteiger partial charge < -0.3 is 15.0 Å². The number of benzene rings is 2. The number of para-hydroxylation sites is 1. The fourth-order valence-electron chi connectivity index (χ4n) is 5.95. The molecule has 8 nitrogen and oxygen atoms in total. The van der Waals surface area contributed by atoms with Crippen LogP contribution in [0.1, 0.15) is 54.4 Å². The fourth-order valence-corrected chi connectivity index (χ4v) is 6.18. The molecule has 41 heavy (non-hydrogen) atoms. The van der Waals surface area contributed by atoms with Gasteiger partial charge in [0.05, 0.1) is 22.2 Å². The van der Waals surface area contributed by atoms with Crippen LogP contribution in [-0.2, 0) is 23.1 Å². The molecule has 1 unspecified atom stereocenters. The van der Waals surface area contributed by atoms with E-state index in [2.05, 4.69) is 10.6 Å². The van der Waals surface area contributed by atoms with Crippen LogP contribution in [0.4, 0.5) is 14.5 Å². The van der Waals surface area contributed by atoms with Gasteiger partial charge in [-0.2, -0.15) is 4.39 Å². The van der Waals surface area contributed by atoms with Gasteiger partial charge in [0.2, 0.25) is 5.78 Å². The van der Waals surface area contributed by atoms with Crippen LogP contribution in [0.15, 0.2) is 42.6 Å². The highest BCUT2D eigenvalue weighted by Gasteiger charge is 2.47. The SMILES string of the molecule is Cn1cc(C(=O)Nc2cc(F)c(CC(=O)C(F)(N[C@H]3CC[C@H](C(=O)O)CC3)N3CCCC3)cc2Cl)c2ccccc21. The molecule has 1 amide bonds. The van der Waals surface area contributed by atoms with E-state index in [1.807, 2.05) is 35.9 Å². The summed E-state index contributed by atoms with van der Waals surface area (Å²) < 4.78 is 33.6. The van der Waals surface area contributed by atoms with Gasteiger partial charge in [-0.05, 0) is 62.3 Å². The number of hydrogen-bond acceptors (Lipinski definition) is 5. The summed E-state index contributed by atoms with van der Waals surface area (Å²) in [6, 6.07) is 9.30. The van der Waals surface area contributed by atoms with E-state index >= 15 is 8.78 Å². The Morgan fingerprint density at radius 1 is 1.10 bits per heavy atom. The van der Waals surface area contributed by atoms with Crippen LogP contribution in [-0.4, -0.2) is 57.3 Å². The third kappa shape index (κ3) is 6.00. The maximum atomic E-state index is 16.6. The molecule has 218 valence electrons. The molecule has 0 radical (unpaired) electrons. The Kier molecular flexibility index (Phi) is 8.45. The standard InChI is InChI=1S/C30H33ClF2N4O4/c1-36-17-22(21-6-2-3-7-26(21)36)28(39)34-25-16-24(32)19(14-23(25)31)15-27(38)30(33,37-12-4-5-13-37)35-20-10-8-18(9-11-20)29(40)41/h2-3,6-7,14,16-18,20,35H,4-5,8-13,15H2,1H3,(H,34,39)(H,40,41)/t18-,20-,30?. The van der Waals surface area contributed by atoms with E-state index in [1.165, 1.54) is 11.0 Å². The Labute approximate surface area is 241 Å². The van der Waals surface area contributed by atoms with Crippen LogP contribution in [0.3, 0.4) is 0 Å². The van der Waals surface area contributed by atoms with Crippen molar-refractivity contribution in [3.63, 3.8) is 0 Å². The number of aryl methyl sites for hydroxylation is 1. The van der Waals surface area contributed by atoms with Gasteiger partial charge >= 0.3 is 5.97 Å². The number of carbonyl (C=O) groups excluding carboxylic acids is 2. The van der Waals surface area contributed by atoms with E-state index in [0.29, 0.717) is 44.3 Å². The highest BCUT2D eigenvalue weighted by Crippen LogP contribution is 2.32. The first-order valence-electron chi connectivity index (χ1n) is 13.9. The van der Waals surface area contributed by atoms with Crippen molar-refractivity contribution in [1.82, 2.24) is 14.8 Å². The first-order valence-corrected chi connectivity index (χ1v) is 14.3. The molecule has 2 heterocycles. The number of carboxylic acid groups (broad SMARTS) is 1. The number of hydrogen-bond donors (Lipinski definition) is 3. The second-order valence-corrected chi connectivity index (χ2v) is 11.4. The fraction of sp³-hybridized carbons (Fsp3) is 0.433. The maximum Gasteiger partial charge on any atom is 0.306 e. The summed E-state index contributed by atoms with van der Waals surface area (Å²) in [5, 5.41) is 15.5. The Bertz CT molecular complexity index is 1480. The molecule has 1 saturated heterocycles. The molecule has 0 spiro atoms. The Balaban J connectivity index is 1.32. The lowest BCUT2D eigenvalue weighted by molar-refractivity contribution is -0.151. The van der Waals surface area contributed by atoms with E-state index in [9.17, 15) is 19.5 Å². The van der Waals surface area contributed by atoms with Gasteiger partial charge in [-0.25, -0.2) is 4.39 Å². The molecular weight excluding hydrogens is 554 g/mol. The van der Waals surface area contributed by atoms with E-state index in [1.54, 1.807) is 6.20 Å². The summed E-state index contributed by atoms with van der Waals surface area (Å²) in [7, 11) is 1.82. The lowest BCUT2D eigenvalue weighted by Gasteiger charge is -2.39. The van der Waals surface area contributed by atoms with Gasteiger partial charge in [-0.15, -0.1) is 0 Å². The summed E-state index contributed by atoms with van der Waals surface area (Å²) in [5.74, 6) is -5.96. The highest BCUT2D eigenvalue weighted by molar-refractivity contribution is 6.34. The lowest BCUT2D eigenvalue weighted by atomic mass is 9.85. The zero-order valence-electron chi connectivity index (χ0n) is 22.8. The lowest BCUT2D eigenvalue weighted by Crippen LogP contribution is -2.63. The zero-order valence-corrected chi connectivity index (χ0v) is 23.5. The van der Waals surface area contributed by atoms with Crippen molar-refractivity contribution >= 4 is 45.9 Å². The first kappa shape index (κ1) is 29.2. The molecule has 11 heteroatoms. The molecule has 2 aromatic carbocycles. The van der Waals surface area contributed by atoms with E-state index in [-0.39, 0.29) is 22.3 Å². The Morgan fingerprint density at radius 3 is 2.46 bits per heavy atom. The molecule has 1 saturated carbocycles. The quantitative estimate of drug-likeness (QED) is 0.295. The van der Waals surface area contributed by atoms with Gasteiger partial charge in [0.1, 0.15) is 5.82 Å². The van der Waals surface area contributed by atoms with Crippen LogP contribution in [0.25, 0.3) is 10.9 Å². The average Bonchev–Trinajstić information content (AvgIpc) is 3.61. The summed E-state index contributed by atoms with van der Waals surface area (Å²) in [6.07, 6.45) is 4.24. The average molecular weight is 587 g/mol. The van der Waals surface area contributed by atoms with Crippen molar-refractivity contribution < 1.29 is 28.3 Å². The summed E-state index contributed by atoms with van der Waals surface area (Å²) in [4.78, 5) is 39.2. The minimum atomic E-state index is -2.52. The van der Waals surface area contributed by atoms with Gasteiger partial charge in [-0.1, -0.05) is 29.8 Å². The molecular formula is C30H33ClF2N4O4. The minimum Gasteiger partial charge on any atom is -0.481 e. The van der Waals surface area contributed by atoms with Crippen molar-refractivity contribution in [2.24, 2.45) is 13.0 Å². The largest absolute Gasteiger partial charge is 0.481 e. The number of Topliss-reactive ketones (excluding diaryl/α,β-unsaturated/α-hetero) is 1. The number of amides is 1. The minimum absolute atomic E-state index is 0.0216. The van der Waals surface area contributed by atoms with Gasteiger partial charge in [0.25, 0.3) is 11.8 Å². The topological polar surface area (TPSA) is 104 Å². The van der Waals surface area contributed by atoms with Crippen molar-refractivity contribution in [3.05, 3.63) is 64.6 Å². The van der Waals surface area contributed by atoms with Crippen LogP contribution in [0.5, 0.6) is 0 Å². The molecule has 1 aliphatic heterocycles. The van der Waals surface area contributed by atoms with Gasteiger partial charge in [0.15, 0.2) is 0 Å². The number of aliphatic carboxylic acids is 1. The van der Waals surface area contributed by atoms with Gasteiger partial charge in [0, 0.05) is 49.7 Å². The zero-order chi connectivity index (χ0) is 29.3. The molecule has 3 aromatic rings. The number of likely N-dealkylation sites (tertiary alicyclic amines) is 1. The number of nitrogens with zero attached hydrogens (tertiary/aromatic N) is 2. The number of rotatable bonds is 9. The summed E-state index contributed by atoms with van der Waals surface area (Å²) in [6.45, 7) is 0.754. The monoisotopic (exact) mass is 586 g/mol. The van der Waals surface area contributed by atoms with Crippen molar-refractivity contribution in [3.8, 4) is 0 Å². The predicted octanol–water partition coefficient (Wildman–Crippen LogP) is 5.29. The molecule has 1 aromatic heterocycles. The predicted molar refractivity (Wildman–Crippen MR) is 152 cm³/mol. The number of fused-ring (bicyclic) bond motifs is 1. The van der Waals surface area contributed by atoms with Crippen molar-refractivity contribution in [1.29, 1.82) is 0 Å². The van der Waals surface area contributed by atoms with Crippen LogP contribution in [0.2, 0.25) is 5.02 Å². The molecule has 5 rings (SSSR count). The molecule has 2 aliphatic rings. The van der Waals surface area contributed by atoms with Crippen molar-refractivity contribution in [2.75, 3.05) is 18.4 Å².